The molecule has 2 unspecified atom stereocenters. The molecule has 1 aliphatic carbocycles. The summed E-state index contributed by atoms with van der Waals surface area (Å²) < 4.78 is 24.8. The molecule has 6 rings (SSSR count). The topological polar surface area (TPSA) is 85.2 Å². The molecule has 1 aliphatic heterocycles. The molecule has 1 saturated heterocycles. The van der Waals surface area contributed by atoms with Gasteiger partial charge >= 0.3 is 0 Å². The Morgan fingerprint density at radius 2 is 1.94 bits per heavy atom. The minimum Gasteiger partial charge on any atom is -0.373 e. The van der Waals surface area contributed by atoms with Crippen LogP contribution in [-0.4, -0.2) is 25.8 Å². The highest BCUT2D eigenvalue weighted by molar-refractivity contribution is 5.79. The Morgan fingerprint density at radius 1 is 1.11 bits per heavy atom. The van der Waals surface area contributed by atoms with Crippen LogP contribution in [0.5, 0.6) is 0 Å². The van der Waals surface area contributed by atoms with Crippen molar-refractivity contribution in [2.24, 2.45) is 0 Å². The van der Waals surface area contributed by atoms with Gasteiger partial charge in [-0.25, -0.2) is 9.37 Å². The number of nitriles is 1. The Labute approximate surface area is 207 Å². The molecule has 4 aromatic rings. The molecule has 8 heteroatoms. The van der Waals surface area contributed by atoms with Crippen LogP contribution < -0.4 is 5.56 Å². The summed E-state index contributed by atoms with van der Waals surface area (Å²) in [6.45, 7) is 4.13. The Kier molecular flexibility index (Phi) is 5.45. The van der Waals surface area contributed by atoms with Gasteiger partial charge in [-0.05, 0) is 75.3 Å². The second-order valence-corrected chi connectivity index (χ2v) is 9.88. The van der Waals surface area contributed by atoms with Crippen molar-refractivity contribution in [3.63, 3.8) is 0 Å². The summed E-state index contributed by atoms with van der Waals surface area (Å²) in [6.07, 6.45) is 9.61. The standard InChI is InChI=1S/C28H26FN5O2/c1-16-17(2)32-27-24(23-6-3-18(12-30)9-25(23)29)10-20(14-33(27)28(16)35)19-7-8-36-26(11-19)21-13-31-34(15-21)22-4-5-22/h3,6,9-10,13-15,19,22,26H,4-5,7-8,11H2,1-2H3. The van der Waals surface area contributed by atoms with Gasteiger partial charge in [0.25, 0.3) is 5.56 Å². The van der Waals surface area contributed by atoms with Gasteiger partial charge in [0, 0.05) is 46.9 Å². The number of pyridine rings is 1. The van der Waals surface area contributed by atoms with Crippen molar-refractivity contribution in [3.8, 4) is 17.2 Å². The van der Waals surface area contributed by atoms with Crippen LogP contribution in [0.3, 0.4) is 0 Å². The zero-order valence-corrected chi connectivity index (χ0v) is 20.2. The van der Waals surface area contributed by atoms with Gasteiger partial charge in [-0.2, -0.15) is 10.4 Å². The maximum Gasteiger partial charge on any atom is 0.261 e. The molecule has 0 bridgehead atoms. The van der Waals surface area contributed by atoms with Gasteiger partial charge in [0.2, 0.25) is 0 Å². The molecule has 1 saturated carbocycles. The third-order valence-electron chi connectivity index (χ3n) is 7.47. The number of ether oxygens (including phenoxy) is 1. The number of nitrogens with zero attached hydrogens (tertiary/aromatic N) is 5. The van der Waals surface area contributed by atoms with E-state index in [4.69, 9.17) is 4.74 Å². The summed E-state index contributed by atoms with van der Waals surface area (Å²) >= 11 is 0. The summed E-state index contributed by atoms with van der Waals surface area (Å²) in [6, 6.07) is 8.83. The van der Waals surface area contributed by atoms with Crippen LogP contribution in [-0.2, 0) is 4.74 Å². The summed E-state index contributed by atoms with van der Waals surface area (Å²) in [7, 11) is 0. The maximum atomic E-state index is 15.2. The minimum atomic E-state index is -0.516. The molecule has 4 heterocycles. The van der Waals surface area contributed by atoms with Crippen LogP contribution in [0.4, 0.5) is 4.39 Å². The summed E-state index contributed by atoms with van der Waals surface area (Å²) in [5, 5.41) is 13.7. The van der Waals surface area contributed by atoms with E-state index >= 15 is 4.39 Å². The molecule has 36 heavy (non-hydrogen) atoms. The molecular weight excluding hydrogens is 457 g/mol. The van der Waals surface area contributed by atoms with Gasteiger partial charge in [-0.3, -0.25) is 13.9 Å². The van der Waals surface area contributed by atoms with E-state index in [1.165, 1.54) is 18.9 Å². The predicted molar refractivity (Wildman–Crippen MR) is 132 cm³/mol. The fraction of sp³-hybridized carbons (Fsp3) is 0.357. The fourth-order valence-corrected chi connectivity index (χ4v) is 5.07. The molecular formula is C28H26FN5O2. The maximum absolute atomic E-state index is 15.2. The van der Waals surface area contributed by atoms with E-state index in [0.29, 0.717) is 40.7 Å². The van der Waals surface area contributed by atoms with Crippen molar-refractivity contribution >= 4 is 5.65 Å². The summed E-state index contributed by atoms with van der Waals surface area (Å²) in [5.74, 6) is -0.399. The van der Waals surface area contributed by atoms with E-state index in [1.54, 1.807) is 30.4 Å². The molecule has 0 amide bonds. The number of fused-ring (bicyclic) bond motifs is 1. The molecule has 2 fully saturated rings. The first kappa shape index (κ1) is 22.6. The number of hydrogen-bond donors (Lipinski definition) is 0. The second kappa shape index (κ2) is 8.68. The quantitative estimate of drug-likeness (QED) is 0.400. The Bertz CT molecular complexity index is 1590. The van der Waals surface area contributed by atoms with Crippen LogP contribution in [0, 0.1) is 31.0 Å². The van der Waals surface area contributed by atoms with E-state index in [0.717, 1.165) is 24.0 Å². The van der Waals surface area contributed by atoms with Crippen molar-refractivity contribution in [2.75, 3.05) is 6.61 Å². The zero-order chi connectivity index (χ0) is 25.0. The number of halogens is 1. The van der Waals surface area contributed by atoms with Crippen molar-refractivity contribution in [1.29, 1.82) is 5.26 Å². The Hall–Kier alpha value is -3.83. The van der Waals surface area contributed by atoms with Gasteiger partial charge in [0.15, 0.2) is 0 Å². The lowest BCUT2D eigenvalue weighted by Gasteiger charge is -2.30. The molecule has 0 spiro atoms. The lowest BCUT2D eigenvalue weighted by molar-refractivity contribution is 0.00516. The number of aryl methyl sites for hydroxylation is 1. The molecule has 2 aliphatic rings. The highest BCUT2D eigenvalue weighted by Gasteiger charge is 2.30. The first-order valence-corrected chi connectivity index (χ1v) is 12.3. The minimum absolute atomic E-state index is 0.0864. The molecule has 0 radical (unpaired) electrons. The number of hydrogen-bond acceptors (Lipinski definition) is 5. The Balaban J connectivity index is 1.45. The second-order valence-electron chi connectivity index (χ2n) is 9.88. The van der Waals surface area contributed by atoms with Gasteiger partial charge in [0.1, 0.15) is 11.5 Å². The summed E-state index contributed by atoms with van der Waals surface area (Å²) in [5.41, 5.74) is 4.53. The van der Waals surface area contributed by atoms with E-state index in [1.807, 2.05) is 29.2 Å². The third kappa shape index (κ3) is 3.90. The first-order chi connectivity index (χ1) is 17.4. The first-order valence-electron chi connectivity index (χ1n) is 12.3. The van der Waals surface area contributed by atoms with Crippen molar-refractivity contribution in [1.82, 2.24) is 19.2 Å². The highest BCUT2D eigenvalue weighted by atomic mass is 19.1. The molecule has 2 atom stereocenters. The van der Waals surface area contributed by atoms with E-state index in [2.05, 4.69) is 16.3 Å². The number of rotatable bonds is 4. The Morgan fingerprint density at radius 3 is 2.69 bits per heavy atom. The van der Waals surface area contributed by atoms with Gasteiger partial charge in [-0.15, -0.1) is 0 Å². The lowest BCUT2D eigenvalue weighted by Crippen LogP contribution is -2.23. The van der Waals surface area contributed by atoms with Gasteiger partial charge in [0.05, 0.1) is 30.0 Å². The molecule has 3 aromatic heterocycles. The summed E-state index contributed by atoms with van der Waals surface area (Å²) in [4.78, 5) is 17.9. The normalized spacial score (nSPS) is 19.9. The molecule has 182 valence electrons. The van der Waals surface area contributed by atoms with Crippen molar-refractivity contribution < 1.29 is 9.13 Å². The monoisotopic (exact) mass is 483 g/mol. The van der Waals surface area contributed by atoms with E-state index in [-0.39, 0.29) is 23.1 Å². The van der Waals surface area contributed by atoms with E-state index in [9.17, 15) is 10.1 Å². The van der Waals surface area contributed by atoms with Crippen molar-refractivity contribution in [3.05, 3.63) is 87.0 Å². The van der Waals surface area contributed by atoms with Crippen LogP contribution in [0.2, 0.25) is 0 Å². The number of aromatic nitrogens is 4. The lowest BCUT2D eigenvalue weighted by atomic mass is 9.86. The van der Waals surface area contributed by atoms with Crippen LogP contribution in [0.1, 0.15) is 71.7 Å². The SMILES string of the molecule is Cc1nc2c(-c3ccc(C#N)cc3F)cc(C3CCOC(c4cnn(C5CC5)c4)C3)cn2c(=O)c1C. The highest BCUT2D eigenvalue weighted by Crippen LogP contribution is 2.40. The number of benzene rings is 1. The van der Waals surface area contributed by atoms with Gasteiger partial charge in [-0.1, -0.05) is 0 Å². The molecule has 1 aromatic carbocycles. The van der Waals surface area contributed by atoms with Crippen molar-refractivity contribution in [2.45, 2.75) is 57.6 Å². The largest absolute Gasteiger partial charge is 0.373 e. The average Bonchev–Trinajstić information content (AvgIpc) is 3.63. The zero-order valence-electron chi connectivity index (χ0n) is 20.2. The smallest absolute Gasteiger partial charge is 0.261 e. The molecule has 7 nitrogen and oxygen atoms in total. The van der Waals surface area contributed by atoms with Crippen LogP contribution in [0.15, 0.2) is 47.7 Å². The van der Waals surface area contributed by atoms with Crippen LogP contribution >= 0.6 is 0 Å². The fourth-order valence-electron chi connectivity index (χ4n) is 5.07. The predicted octanol–water partition coefficient (Wildman–Crippen LogP) is 5.16. The third-order valence-corrected chi connectivity index (χ3v) is 7.47. The van der Waals surface area contributed by atoms with Gasteiger partial charge < -0.3 is 4.74 Å². The average molecular weight is 484 g/mol. The van der Waals surface area contributed by atoms with E-state index < -0.39 is 5.82 Å². The van der Waals surface area contributed by atoms with Crippen LogP contribution in [0.25, 0.3) is 16.8 Å². The molecule has 0 N–H and O–H groups in total.